The molecule has 3 rings (SSSR count). The van der Waals surface area contributed by atoms with Gasteiger partial charge in [-0.05, 0) is 22.9 Å². The van der Waals surface area contributed by atoms with Crippen molar-refractivity contribution in [3.05, 3.63) is 53.5 Å². The molecule has 0 unspecified atom stereocenters. The summed E-state index contributed by atoms with van der Waals surface area (Å²) < 4.78 is 0. The zero-order valence-corrected chi connectivity index (χ0v) is 10.1. The van der Waals surface area contributed by atoms with Gasteiger partial charge < -0.3 is 5.11 Å². The zero-order valence-electron chi connectivity index (χ0n) is 9.33. The molecule has 0 aliphatic rings. The highest BCUT2D eigenvalue weighted by molar-refractivity contribution is 7.13. The van der Waals surface area contributed by atoms with Crippen molar-refractivity contribution in [1.29, 1.82) is 0 Å². The van der Waals surface area contributed by atoms with Gasteiger partial charge in [-0.1, -0.05) is 30.3 Å². The van der Waals surface area contributed by atoms with Gasteiger partial charge in [0.1, 0.15) is 5.69 Å². The highest BCUT2D eigenvalue weighted by Gasteiger charge is 2.12. The van der Waals surface area contributed by atoms with E-state index < -0.39 is 5.97 Å². The Labute approximate surface area is 107 Å². The van der Waals surface area contributed by atoms with E-state index in [9.17, 15) is 4.79 Å². The Morgan fingerprint density at radius 3 is 2.72 bits per heavy atom. The summed E-state index contributed by atoms with van der Waals surface area (Å²) in [5.41, 5.74) is 0.817. The van der Waals surface area contributed by atoms with E-state index in [2.05, 4.69) is 4.98 Å². The number of carboxylic acid groups (broad SMARTS) is 1. The van der Waals surface area contributed by atoms with Crippen LogP contribution in [0.25, 0.3) is 21.3 Å². The molecule has 2 heterocycles. The van der Waals surface area contributed by atoms with Crippen molar-refractivity contribution >= 4 is 28.1 Å². The Balaban J connectivity index is 2.37. The first-order valence-electron chi connectivity index (χ1n) is 5.42. The van der Waals surface area contributed by atoms with E-state index in [1.165, 1.54) is 0 Å². The third-order valence-electron chi connectivity index (χ3n) is 2.71. The molecule has 0 aliphatic heterocycles. The van der Waals surface area contributed by atoms with Crippen molar-refractivity contribution in [2.45, 2.75) is 0 Å². The SMILES string of the molecule is O=C(O)c1cc2ccccc2c(-c2cccs2)n1. The minimum Gasteiger partial charge on any atom is -0.477 e. The Bertz CT molecular complexity index is 720. The van der Waals surface area contributed by atoms with Gasteiger partial charge in [-0.3, -0.25) is 0 Å². The maximum Gasteiger partial charge on any atom is 0.354 e. The lowest BCUT2D eigenvalue weighted by atomic mass is 10.1. The number of rotatable bonds is 2. The monoisotopic (exact) mass is 255 g/mol. The van der Waals surface area contributed by atoms with E-state index >= 15 is 0 Å². The first-order chi connectivity index (χ1) is 8.75. The van der Waals surface area contributed by atoms with Gasteiger partial charge >= 0.3 is 5.97 Å². The third-order valence-corrected chi connectivity index (χ3v) is 3.59. The van der Waals surface area contributed by atoms with Crippen LogP contribution < -0.4 is 0 Å². The van der Waals surface area contributed by atoms with Crippen LogP contribution in [-0.4, -0.2) is 16.1 Å². The maximum atomic E-state index is 11.1. The van der Waals surface area contributed by atoms with Gasteiger partial charge in [0.05, 0.1) is 10.6 Å². The number of thiophene rings is 1. The Hall–Kier alpha value is -2.20. The van der Waals surface area contributed by atoms with Gasteiger partial charge in [-0.2, -0.15) is 0 Å². The molecule has 0 aliphatic carbocycles. The second kappa shape index (κ2) is 4.23. The van der Waals surface area contributed by atoms with E-state index in [0.717, 1.165) is 21.3 Å². The largest absolute Gasteiger partial charge is 0.477 e. The molecule has 0 bridgehead atoms. The van der Waals surface area contributed by atoms with Gasteiger partial charge in [-0.15, -0.1) is 11.3 Å². The number of fused-ring (bicyclic) bond motifs is 1. The maximum absolute atomic E-state index is 11.1. The lowest BCUT2D eigenvalue weighted by Crippen LogP contribution is -2.01. The Morgan fingerprint density at radius 1 is 1.17 bits per heavy atom. The fourth-order valence-corrected chi connectivity index (χ4v) is 2.64. The second-order valence-corrected chi connectivity index (χ2v) is 4.81. The summed E-state index contributed by atoms with van der Waals surface area (Å²) in [6, 6.07) is 13.2. The van der Waals surface area contributed by atoms with E-state index in [-0.39, 0.29) is 5.69 Å². The lowest BCUT2D eigenvalue weighted by Gasteiger charge is -2.05. The molecular weight excluding hydrogens is 246 g/mol. The summed E-state index contributed by atoms with van der Waals surface area (Å²) in [6.07, 6.45) is 0. The van der Waals surface area contributed by atoms with Crippen LogP contribution in [-0.2, 0) is 0 Å². The van der Waals surface area contributed by atoms with Crippen LogP contribution in [0.1, 0.15) is 10.5 Å². The van der Waals surface area contributed by atoms with Crippen molar-refractivity contribution in [2.24, 2.45) is 0 Å². The molecular formula is C14H9NO2S. The van der Waals surface area contributed by atoms with Crippen LogP contribution in [0.15, 0.2) is 47.8 Å². The van der Waals surface area contributed by atoms with E-state index in [1.54, 1.807) is 17.4 Å². The normalized spacial score (nSPS) is 10.7. The van der Waals surface area contributed by atoms with Crippen molar-refractivity contribution < 1.29 is 9.90 Å². The molecule has 3 nitrogen and oxygen atoms in total. The molecule has 18 heavy (non-hydrogen) atoms. The summed E-state index contributed by atoms with van der Waals surface area (Å²) in [5, 5.41) is 12.9. The van der Waals surface area contributed by atoms with Gasteiger partial charge in [0.2, 0.25) is 0 Å². The molecule has 0 spiro atoms. The third kappa shape index (κ3) is 1.76. The quantitative estimate of drug-likeness (QED) is 0.760. The van der Waals surface area contributed by atoms with E-state index in [4.69, 9.17) is 5.11 Å². The van der Waals surface area contributed by atoms with E-state index in [0.29, 0.717) is 0 Å². The average Bonchev–Trinajstić information content (AvgIpc) is 2.91. The van der Waals surface area contributed by atoms with Crippen molar-refractivity contribution in [2.75, 3.05) is 0 Å². The summed E-state index contributed by atoms with van der Waals surface area (Å²) >= 11 is 1.56. The van der Waals surface area contributed by atoms with Gasteiger partial charge in [0.25, 0.3) is 0 Å². The fraction of sp³-hybridized carbons (Fsp3) is 0. The fourth-order valence-electron chi connectivity index (χ4n) is 1.91. The molecule has 1 N–H and O–H groups in total. The molecule has 2 aromatic heterocycles. The molecule has 0 saturated heterocycles. The summed E-state index contributed by atoms with van der Waals surface area (Å²) in [7, 11) is 0. The number of carboxylic acids is 1. The molecule has 0 saturated carbocycles. The van der Waals surface area contributed by atoms with Crippen LogP contribution in [0.2, 0.25) is 0 Å². The van der Waals surface area contributed by atoms with Crippen LogP contribution in [0.3, 0.4) is 0 Å². The number of nitrogens with zero attached hydrogens (tertiary/aromatic N) is 1. The highest BCUT2D eigenvalue weighted by atomic mass is 32.1. The number of benzene rings is 1. The van der Waals surface area contributed by atoms with Crippen LogP contribution in [0.5, 0.6) is 0 Å². The van der Waals surface area contributed by atoms with Crippen LogP contribution in [0.4, 0.5) is 0 Å². The number of aromatic carboxylic acids is 1. The predicted molar refractivity (Wildman–Crippen MR) is 72.0 cm³/mol. The standard InChI is InChI=1S/C14H9NO2S/c16-14(17)11-8-9-4-1-2-5-10(9)13(15-11)12-6-3-7-18-12/h1-8H,(H,16,17). The molecule has 0 amide bonds. The van der Waals surface area contributed by atoms with Crippen molar-refractivity contribution in [3.63, 3.8) is 0 Å². The molecule has 0 atom stereocenters. The average molecular weight is 255 g/mol. The molecule has 88 valence electrons. The first-order valence-corrected chi connectivity index (χ1v) is 6.30. The van der Waals surface area contributed by atoms with Crippen LogP contribution >= 0.6 is 11.3 Å². The predicted octanol–water partition coefficient (Wildman–Crippen LogP) is 3.66. The summed E-state index contributed by atoms with van der Waals surface area (Å²) in [5.74, 6) is -1.00. The number of hydrogen-bond donors (Lipinski definition) is 1. The number of pyridine rings is 1. The van der Waals surface area contributed by atoms with Gasteiger partial charge in [0.15, 0.2) is 0 Å². The molecule has 0 fully saturated rings. The Morgan fingerprint density at radius 2 is 2.00 bits per heavy atom. The minimum absolute atomic E-state index is 0.0806. The smallest absolute Gasteiger partial charge is 0.354 e. The summed E-state index contributed by atoms with van der Waals surface area (Å²) in [4.78, 5) is 16.3. The van der Waals surface area contributed by atoms with Gasteiger partial charge in [-0.25, -0.2) is 9.78 Å². The second-order valence-electron chi connectivity index (χ2n) is 3.86. The first kappa shape index (κ1) is 10.9. The number of carbonyl (C=O) groups is 1. The minimum atomic E-state index is -1.00. The van der Waals surface area contributed by atoms with Crippen LogP contribution in [0, 0.1) is 0 Å². The lowest BCUT2D eigenvalue weighted by molar-refractivity contribution is 0.0691. The van der Waals surface area contributed by atoms with Crippen molar-refractivity contribution in [1.82, 2.24) is 4.98 Å². The highest BCUT2D eigenvalue weighted by Crippen LogP contribution is 2.30. The molecule has 4 heteroatoms. The molecule has 0 radical (unpaired) electrons. The van der Waals surface area contributed by atoms with Gasteiger partial charge in [0, 0.05) is 5.39 Å². The number of aromatic nitrogens is 1. The number of hydrogen-bond acceptors (Lipinski definition) is 3. The topological polar surface area (TPSA) is 50.2 Å². The molecule has 1 aromatic carbocycles. The summed E-state index contributed by atoms with van der Waals surface area (Å²) in [6.45, 7) is 0. The Kier molecular flexibility index (Phi) is 2.57. The van der Waals surface area contributed by atoms with Crippen molar-refractivity contribution in [3.8, 4) is 10.6 Å². The molecule has 3 aromatic rings. The van der Waals surface area contributed by atoms with E-state index in [1.807, 2.05) is 41.8 Å². The zero-order chi connectivity index (χ0) is 12.5.